The minimum absolute atomic E-state index is 0.782. The molecule has 2 unspecified atom stereocenters. The van der Waals surface area contributed by atoms with Crippen LogP contribution in [-0.2, 0) is 0 Å². The molecule has 0 saturated carbocycles. The Kier molecular flexibility index (Phi) is 2.98. The van der Waals surface area contributed by atoms with E-state index in [0.29, 0.717) is 0 Å². The zero-order valence-electron chi connectivity index (χ0n) is 6.97. The Hall–Kier alpha value is 0.690. The number of alkyl halides is 1. The van der Waals surface area contributed by atoms with Gasteiger partial charge < -0.3 is 0 Å². The molecule has 2 heteroatoms. The summed E-state index contributed by atoms with van der Waals surface area (Å²) in [5.41, 5.74) is 0. The molecule has 1 heterocycles. The third kappa shape index (κ3) is 1.64. The van der Waals surface area contributed by atoms with Crippen molar-refractivity contribution in [2.24, 2.45) is 5.92 Å². The Morgan fingerprint density at radius 3 is 2.20 bits per heavy atom. The maximum atomic E-state index is 2.53. The standard InChI is InChI=1S/C8H16IN/c1-6(2)7-4-5-8(9)10(7)3/h6-8H,4-5H2,1-3H3. The number of nitrogens with zero attached hydrogens (tertiary/aromatic N) is 1. The fourth-order valence-corrected chi connectivity index (χ4v) is 2.50. The molecule has 0 aromatic heterocycles. The molecule has 0 aliphatic carbocycles. The van der Waals surface area contributed by atoms with Gasteiger partial charge >= 0.3 is 0 Å². The Labute approximate surface area is 77.3 Å². The van der Waals surface area contributed by atoms with Crippen LogP contribution >= 0.6 is 22.6 Å². The molecule has 0 N–H and O–H groups in total. The first-order valence-electron chi connectivity index (χ1n) is 3.99. The highest BCUT2D eigenvalue weighted by Gasteiger charge is 2.29. The molecule has 0 amide bonds. The van der Waals surface area contributed by atoms with Gasteiger partial charge in [0.25, 0.3) is 0 Å². The summed E-state index contributed by atoms with van der Waals surface area (Å²) >= 11 is 2.53. The van der Waals surface area contributed by atoms with Crippen molar-refractivity contribution < 1.29 is 0 Å². The maximum Gasteiger partial charge on any atom is 0.0619 e. The molecular formula is C8H16IN. The van der Waals surface area contributed by atoms with Crippen molar-refractivity contribution in [1.29, 1.82) is 0 Å². The Morgan fingerprint density at radius 2 is 2.00 bits per heavy atom. The molecule has 1 aliphatic rings. The lowest BCUT2D eigenvalue weighted by molar-refractivity contribution is 0.243. The topological polar surface area (TPSA) is 3.24 Å². The molecule has 1 aliphatic heterocycles. The summed E-state index contributed by atoms with van der Waals surface area (Å²) in [7, 11) is 2.24. The van der Waals surface area contributed by atoms with E-state index in [0.717, 1.165) is 16.0 Å². The molecule has 1 fully saturated rings. The molecule has 60 valence electrons. The molecule has 1 saturated heterocycles. The van der Waals surface area contributed by atoms with Crippen LogP contribution < -0.4 is 0 Å². The van der Waals surface area contributed by atoms with Crippen molar-refractivity contribution >= 4 is 22.6 Å². The van der Waals surface area contributed by atoms with Crippen molar-refractivity contribution in [2.75, 3.05) is 7.05 Å². The molecule has 0 aromatic rings. The van der Waals surface area contributed by atoms with Crippen LogP contribution in [0.4, 0.5) is 0 Å². The second-order valence-corrected chi connectivity index (χ2v) is 4.93. The number of halogens is 1. The molecule has 0 aromatic carbocycles. The summed E-state index contributed by atoms with van der Waals surface area (Å²) in [6, 6.07) is 0.835. The van der Waals surface area contributed by atoms with Gasteiger partial charge in [-0.3, -0.25) is 4.90 Å². The maximum absolute atomic E-state index is 2.53. The normalized spacial score (nSPS) is 35.7. The molecule has 0 radical (unpaired) electrons. The molecule has 1 nitrogen and oxygen atoms in total. The quantitative estimate of drug-likeness (QED) is 0.394. The first-order valence-corrected chi connectivity index (χ1v) is 5.23. The van der Waals surface area contributed by atoms with Crippen molar-refractivity contribution in [2.45, 2.75) is 36.8 Å². The lowest BCUT2D eigenvalue weighted by atomic mass is 10.0. The van der Waals surface area contributed by atoms with Gasteiger partial charge in [0.15, 0.2) is 0 Å². The first-order chi connectivity index (χ1) is 4.63. The summed E-state index contributed by atoms with van der Waals surface area (Å²) in [5, 5.41) is 0. The zero-order valence-corrected chi connectivity index (χ0v) is 9.13. The van der Waals surface area contributed by atoms with E-state index in [2.05, 4.69) is 48.4 Å². The van der Waals surface area contributed by atoms with Crippen molar-refractivity contribution in [3.63, 3.8) is 0 Å². The van der Waals surface area contributed by atoms with Crippen molar-refractivity contribution in [1.82, 2.24) is 4.90 Å². The van der Waals surface area contributed by atoms with E-state index in [1.54, 1.807) is 0 Å². The SMILES string of the molecule is CC(C)C1CCC(I)N1C. The first kappa shape index (κ1) is 8.78. The van der Waals surface area contributed by atoms with Gasteiger partial charge in [0, 0.05) is 6.04 Å². The predicted octanol–water partition coefficient (Wildman–Crippen LogP) is 2.50. The highest BCUT2D eigenvalue weighted by Crippen LogP contribution is 2.30. The van der Waals surface area contributed by atoms with E-state index in [4.69, 9.17) is 0 Å². The van der Waals surface area contributed by atoms with Crippen LogP contribution in [0.2, 0.25) is 0 Å². The average Bonchev–Trinajstić information content (AvgIpc) is 2.14. The predicted molar refractivity (Wildman–Crippen MR) is 53.4 cm³/mol. The molecule has 0 bridgehead atoms. The summed E-state index contributed by atoms with van der Waals surface area (Å²) in [6.07, 6.45) is 2.77. The number of hydrogen-bond acceptors (Lipinski definition) is 1. The minimum atomic E-state index is 0.782. The molecule has 10 heavy (non-hydrogen) atoms. The third-order valence-corrected chi connectivity index (χ3v) is 3.94. The Balaban J connectivity index is 2.49. The largest absolute Gasteiger partial charge is 0.291 e. The fourth-order valence-electron chi connectivity index (χ4n) is 1.73. The monoisotopic (exact) mass is 253 g/mol. The van der Waals surface area contributed by atoms with Gasteiger partial charge in [-0.2, -0.15) is 0 Å². The van der Waals surface area contributed by atoms with E-state index in [1.807, 2.05) is 0 Å². The van der Waals surface area contributed by atoms with E-state index >= 15 is 0 Å². The smallest absolute Gasteiger partial charge is 0.0619 e. The molecule has 1 rings (SSSR count). The fraction of sp³-hybridized carbons (Fsp3) is 1.00. The second-order valence-electron chi connectivity index (χ2n) is 3.49. The summed E-state index contributed by atoms with van der Waals surface area (Å²) < 4.78 is 0.782. The second kappa shape index (κ2) is 3.39. The van der Waals surface area contributed by atoms with Gasteiger partial charge in [-0.1, -0.05) is 36.4 Å². The lowest BCUT2D eigenvalue weighted by Gasteiger charge is -2.25. The number of hydrogen-bond donors (Lipinski definition) is 0. The average molecular weight is 253 g/mol. The van der Waals surface area contributed by atoms with Crippen LogP contribution in [0.1, 0.15) is 26.7 Å². The van der Waals surface area contributed by atoms with E-state index in [1.165, 1.54) is 12.8 Å². The van der Waals surface area contributed by atoms with Gasteiger partial charge in [0.2, 0.25) is 0 Å². The number of likely N-dealkylation sites (tertiary alicyclic amines) is 1. The van der Waals surface area contributed by atoms with E-state index < -0.39 is 0 Å². The van der Waals surface area contributed by atoms with Crippen LogP contribution in [0.15, 0.2) is 0 Å². The summed E-state index contributed by atoms with van der Waals surface area (Å²) in [4.78, 5) is 2.51. The lowest BCUT2D eigenvalue weighted by Crippen LogP contribution is -2.32. The van der Waals surface area contributed by atoms with Gasteiger partial charge in [-0.15, -0.1) is 0 Å². The number of rotatable bonds is 1. The highest BCUT2D eigenvalue weighted by molar-refractivity contribution is 14.1. The van der Waals surface area contributed by atoms with Gasteiger partial charge in [-0.25, -0.2) is 0 Å². The Bertz CT molecular complexity index is 114. The van der Waals surface area contributed by atoms with Crippen LogP contribution in [-0.4, -0.2) is 22.0 Å². The van der Waals surface area contributed by atoms with Crippen LogP contribution in [0.25, 0.3) is 0 Å². The van der Waals surface area contributed by atoms with Crippen molar-refractivity contribution in [3.05, 3.63) is 0 Å². The van der Waals surface area contributed by atoms with Crippen LogP contribution in [0.5, 0.6) is 0 Å². The molecule has 2 atom stereocenters. The zero-order chi connectivity index (χ0) is 7.72. The van der Waals surface area contributed by atoms with Gasteiger partial charge in [-0.05, 0) is 25.8 Å². The van der Waals surface area contributed by atoms with Crippen molar-refractivity contribution in [3.8, 4) is 0 Å². The summed E-state index contributed by atoms with van der Waals surface area (Å²) in [6.45, 7) is 4.63. The summed E-state index contributed by atoms with van der Waals surface area (Å²) in [5.74, 6) is 0.824. The Morgan fingerprint density at radius 1 is 1.40 bits per heavy atom. The van der Waals surface area contributed by atoms with E-state index in [-0.39, 0.29) is 0 Å². The highest BCUT2D eigenvalue weighted by atomic mass is 127. The van der Waals surface area contributed by atoms with Gasteiger partial charge in [0.1, 0.15) is 0 Å². The van der Waals surface area contributed by atoms with Crippen LogP contribution in [0, 0.1) is 5.92 Å². The van der Waals surface area contributed by atoms with Gasteiger partial charge in [0.05, 0.1) is 4.05 Å². The molecule has 0 spiro atoms. The minimum Gasteiger partial charge on any atom is -0.291 e. The van der Waals surface area contributed by atoms with E-state index in [9.17, 15) is 0 Å². The third-order valence-electron chi connectivity index (χ3n) is 2.44. The molecular weight excluding hydrogens is 237 g/mol. The van der Waals surface area contributed by atoms with Crippen LogP contribution in [0.3, 0.4) is 0 Å².